The first kappa shape index (κ1) is 22.3. The molecule has 0 spiro atoms. The van der Waals surface area contributed by atoms with E-state index in [1.165, 1.54) is 19.2 Å². The SMILES string of the molecule is COc1cc(S(C)(=O)=O)ccc1Nc1ccc2c(n1)N(C1CCOCC1)[C@H](C)C(=O)N2C. The van der Waals surface area contributed by atoms with Crippen molar-refractivity contribution in [1.82, 2.24) is 4.98 Å². The predicted molar refractivity (Wildman–Crippen MR) is 123 cm³/mol. The number of hydrogen-bond acceptors (Lipinski definition) is 8. The van der Waals surface area contributed by atoms with Crippen LogP contribution in [0.25, 0.3) is 0 Å². The number of amides is 1. The average molecular weight is 461 g/mol. The van der Waals surface area contributed by atoms with Crippen LogP contribution in [0.4, 0.5) is 23.0 Å². The van der Waals surface area contributed by atoms with Crippen LogP contribution in [0.3, 0.4) is 0 Å². The Kier molecular flexibility index (Phi) is 6.00. The largest absolute Gasteiger partial charge is 0.495 e. The summed E-state index contributed by atoms with van der Waals surface area (Å²) in [4.78, 5) is 21.6. The minimum atomic E-state index is -3.35. The first-order valence-corrected chi connectivity index (χ1v) is 12.4. The highest BCUT2D eigenvalue weighted by molar-refractivity contribution is 7.90. The molecule has 2 aliphatic rings. The molecule has 10 heteroatoms. The van der Waals surface area contributed by atoms with Crippen molar-refractivity contribution in [3.05, 3.63) is 30.3 Å². The Morgan fingerprint density at radius 2 is 1.91 bits per heavy atom. The lowest BCUT2D eigenvalue weighted by Crippen LogP contribution is -2.56. The number of anilines is 4. The number of sulfone groups is 1. The van der Waals surface area contributed by atoms with Gasteiger partial charge in [-0.25, -0.2) is 13.4 Å². The molecule has 1 aromatic heterocycles. The van der Waals surface area contributed by atoms with Gasteiger partial charge in [-0.2, -0.15) is 0 Å². The Labute approximate surface area is 188 Å². The molecule has 1 saturated heterocycles. The minimum Gasteiger partial charge on any atom is -0.495 e. The molecule has 0 aliphatic carbocycles. The van der Waals surface area contributed by atoms with E-state index in [0.717, 1.165) is 30.6 Å². The maximum absolute atomic E-state index is 12.9. The summed E-state index contributed by atoms with van der Waals surface area (Å²) in [6.45, 7) is 3.23. The summed E-state index contributed by atoms with van der Waals surface area (Å²) >= 11 is 0. The first-order chi connectivity index (χ1) is 15.2. The molecule has 1 N–H and O–H groups in total. The zero-order chi connectivity index (χ0) is 23.0. The third-order valence-electron chi connectivity index (χ3n) is 6.01. The smallest absolute Gasteiger partial charge is 0.249 e. The van der Waals surface area contributed by atoms with Crippen molar-refractivity contribution in [1.29, 1.82) is 0 Å². The van der Waals surface area contributed by atoms with E-state index in [1.54, 1.807) is 24.1 Å². The molecule has 1 aromatic carbocycles. The van der Waals surface area contributed by atoms with Gasteiger partial charge in [0.25, 0.3) is 0 Å². The number of benzene rings is 1. The Balaban J connectivity index is 1.71. The summed E-state index contributed by atoms with van der Waals surface area (Å²) in [7, 11) is -0.0994. The second-order valence-corrected chi connectivity index (χ2v) is 10.1. The van der Waals surface area contributed by atoms with Crippen LogP contribution < -0.4 is 19.9 Å². The van der Waals surface area contributed by atoms with Crippen LogP contribution in [0.1, 0.15) is 19.8 Å². The van der Waals surface area contributed by atoms with Crippen LogP contribution >= 0.6 is 0 Å². The second-order valence-electron chi connectivity index (χ2n) is 8.12. The fourth-order valence-corrected chi connectivity index (χ4v) is 4.90. The third-order valence-corrected chi connectivity index (χ3v) is 7.12. The number of pyridine rings is 1. The number of carbonyl (C=O) groups excluding carboxylic acids is 1. The molecule has 1 atom stereocenters. The summed E-state index contributed by atoms with van der Waals surface area (Å²) in [5, 5.41) is 3.23. The van der Waals surface area contributed by atoms with Gasteiger partial charge < -0.3 is 24.6 Å². The van der Waals surface area contributed by atoms with Crippen molar-refractivity contribution in [3.8, 4) is 5.75 Å². The van der Waals surface area contributed by atoms with E-state index in [1.807, 2.05) is 13.0 Å². The maximum atomic E-state index is 12.9. The molecule has 0 saturated carbocycles. The summed E-state index contributed by atoms with van der Waals surface area (Å²) in [6.07, 6.45) is 2.82. The molecule has 172 valence electrons. The van der Waals surface area contributed by atoms with E-state index >= 15 is 0 Å². The number of hydrogen-bond donors (Lipinski definition) is 1. The van der Waals surface area contributed by atoms with Crippen molar-refractivity contribution >= 4 is 38.8 Å². The lowest BCUT2D eigenvalue weighted by molar-refractivity contribution is -0.119. The predicted octanol–water partition coefficient (Wildman–Crippen LogP) is 2.59. The van der Waals surface area contributed by atoms with Crippen molar-refractivity contribution in [3.63, 3.8) is 0 Å². The molecule has 0 unspecified atom stereocenters. The fraction of sp³-hybridized carbons (Fsp3) is 0.455. The number of fused-ring (bicyclic) bond motifs is 1. The van der Waals surface area contributed by atoms with Crippen LogP contribution in [0.5, 0.6) is 5.75 Å². The molecule has 2 aromatic rings. The van der Waals surface area contributed by atoms with Crippen molar-refractivity contribution in [2.45, 2.75) is 36.7 Å². The molecule has 0 radical (unpaired) electrons. The van der Waals surface area contributed by atoms with E-state index in [2.05, 4.69) is 10.2 Å². The van der Waals surface area contributed by atoms with Gasteiger partial charge in [-0.15, -0.1) is 0 Å². The monoisotopic (exact) mass is 460 g/mol. The van der Waals surface area contributed by atoms with Gasteiger partial charge in [0, 0.05) is 38.6 Å². The summed E-state index contributed by atoms with van der Waals surface area (Å²) in [5.74, 6) is 1.74. The van der Waals surface area contributed by atoms with Gasteiger partial charge in [-0.3, -0.25) is 4.79 Å². The van der Waals surface area contributed by atoms with Gasteiger partial charge in [-0.1, -0.05) is 0 Å². The van der Waals surface area contributed by atoms with Crippen molar-refractivity contribution in [2.75, 3.05) is 48.7 Å². The van der Waals surface area contributed by atoms with Gasteiger partial charge in [0.1, 0.15) is 17.6 Å². The highest BCUT2D eigenvalue weighted by atomic mass is 32.2. The fourth-order valence-electron chi connectivity index (χ4n) is 4.26. The molecular weight excluding hydrogens is 432 g/mol. The molecule has 2 aliphatic heterocycles. The van der Waals surface area contributed by atoms with E-state index in [9.17, 15) is 13.2 Å². The Hall–Kier alpha value is -2.85. The number of nitrogens with zero attached hydrogens (tertiary/aromatic N) is 3. The van der Waals surface area contributed by atoms with Crippen LogP contribution in [0, 0.1) is 0 Å². The third kappa shape index (κ3) is 4.12. The lowest BCUT2D eigenvalue weighted by Gasteiger charge is -2.44. The number of likely N-dealkylation sites (N-methyl/N-ethyl adjacent to an activating group) is 1. The number of ether oxygens (including phenoxy) is 2. The van der Waals surface area contributed by atoms with Crippen molar-refractivity contribution < 1.29 is 22.7 Å². The minimum absolute atomic E-state index is 0.0320. The normalized spacial score (nSPS) is 19.6. The van der Waals surface area contributed by atoms with Gasteiger partial charge >= 0.3 is 0 Å². The number of rotatable bonds is 5. The zero-order valence-electron chi connectivity index (χ0n) is 18.7. The number of aromatic nitrogens is 1. The number of nitrogens with one attached hydrogen (secondary N) is 1. The topological polar surface area (TPSA) is 101 Å². The molecule has 0 bridgehead atoms. The lowest BCUT2D eigenvalue weighted by atomic mass is 10.0. The Bertz CT molecular complexity index is 1130. The van der Waals surface area contributed by atoms with Gasteiger partial charge in [0.05, 0.1) is 23.4 Å². The standard InChI is InChI=1S/C22H28N4O5S/c1-14-22(27)25(2)18-7-8-20(24-21(18)26(14)15-9-11-31-12-10-15)23-17-6-5-16(32(4,28)29)13-19(17)30-3/h5-8,13-15H,9-12H2,1-4H3,(H,23,24)/t14-/m1/s1. The Morgan fingerprint density at radius 1 is 1.19 bits per heavy atom. The molecular formula is C22H28N4O5S. The van der Waals surface area contributed by atoms with Gasteiger partial charge in [0.15, 0.2) is 15.7 Å². The first-order valence-electron chi connectivity index (χ1n) is 10.5. The van der Waals surface area contributed by atoms with Gasteiger partial charge in [0.2, 0.25) is 5.91 Å². The average Bonchev–Trinajstić information content (AvgIpc) is 2.78. The quantitative estimate of drug-likeness (QED) is 0.727. The number of methoxy groups -OCH3 is 1. The Morgan fingerprint density at radius 3 is 2.56 bits per heavy atom. The van der Waals surface area contributed by atoms with Crippen LogP contribution in [-0.2, 0) is 19.4 Å². The second kappa shape index (κ2) is 8.59. The molecule has 9 nitrogen and oxygen atoms in total. The van der Waals surface area contributed by atoms with Crippen LogP contribution in [-0.4, -0.2) is 65.0 Å². The van der Waals surface area contributed by atoms with E-state index in [4.69, 9.17) is 14.5 Å². The van der Waals surface area contributed by atoms with Crippen molar-refractivity contribution in [2.24, 2.45) is 0 Å². The number of carbonyl (C=O) groups is 1. The molecule has 1 amide bonds. The highest BCUT2D eigenvalue weighted by Gasteiger charge is 2.39. The maximum Gasteiger partial charge on any atom is 0.249 e. The summed E-state index contributed by atoms with van der Waals surface area (Å²) in [6, 6.07) is 8.18. The van der Waals surface area contributed by atoms with Crippen LogP contribution in [0.15, 0.2) is 35.2 Å². The summed E-state index contributed by atoms with van der Waals surface area (Å²) in [5.41, 5.74) is 1.35. The molecule has 1 fully saturated rings. The van der Waals surface area contributed by atoms with E-state index in [0.29, 0.717) is 30.5 Å². The van der Waals surface area contributed by atoms with E-state index in [-0.39, 0.29) is 22.9 Å². The highest BCUT2D eigenvalue weighted by Crippen LogP contribution is 2.39. The zero-order valence-corrected chi connectivity index (χ0v) is 19.5. The van der Waals surface area contributed by atoms with E-state index < -0.39 is 9.84 Å². The molecule has 4 rings (SSSR count). The molecule has 3 heterocycles. The van der Waals surface area contributed by atoms with Crippen LogP contribution in [0.2, 0.25) is 0 Å². The molecule has 32 heavy (non-hydrogen) atoms. The van der Waals surface area contributed by atoms with Gasteiger partial charge in [-0.05, 0) is 44.0 Å². The summed E-state index contributed by atoms with van der Waals surface area (Å²) < 4.78 is 34.7.